The van der Waals surface area contributed by atoms with Gasteiger partial charge in [0.15, 0.2) is 0 Å². The van der Waals surface area contributed by atoms with E-state index in [1.54, 1.807) is 19.3 Å². The van der Waals surface area contributed by atoms with Crippen LogP contribution < -0.4 is 10.1 Å². The van der Waals surface area contributed by atoms with Crippen LogP contribution in [0, 0.1) is 0 Å². The van der Waals surface area contributed by atoms with Crippen LogP contribution in [0.4, 0.5) is 0 Å². The fourth-order valence-corrected chi connectivity index (χ4v) is 6.04. The van der Waals surface area contributed by atoms with E-state index in [0.717, 1.165) is 52.1 Å². The van der Waals surface area contributed by atoms with Crippen LogP contribution in [0.15, 0.2) is 47.1 Å². The number of benzene rings is 1. The van der Waals surface area contributed by atoms with E-state index >= 15 is 0 Å². The number of thiazole rings is 1. The molecule has 2 aliphatic rings. The number of piperidine rings is 1. The van der Waals surface area contributed by atoms with Crippen LogP contribution in [-0.2, 0) is 11.3 Å². The minimum absolute atomic E-state index is 0.0701. The van der Waals surface area contributed by atoms with Crippen molar-refractivity contribution < 1.29 is 13.9 Å². The quantitative estimate of drug-likeness (QED) is 0.470. The normalized spacial score (nSPS) is 23.1. The van der Waals surface area contributed by atoms with Crippen LogP contribution in [0.3, 0.4) is 0 Å². The first-order valence-electron chi connectivity index (χ1n) is 11.0. The average Bonchev–Trinajstić information content (AvgIpc) is 3.41. The molecule has 0 saturated carbocycles. The number of rotatable bonds is 5. The lowest BCUT2D eigenvalue weighted by molar-refractivity contribution is -0.120. The number of hydrogen-bond acceptors (Lipinski definition) is 7. The second-order valence-electron chi connectivity index (χ2n) is 8.76. The van der Waals surface area contributed by atoms with E-state index in [4.69, 9.17) is 9.15 Å². The number of aromatic nitrogens is 2. The first-order valence-corrected chi connectivity index (χ1v) is 11.9. The predicted molar refractivity (Wildman–Crippen MR) is 123 cm³/mol. The van der Waals surface area contributed by atoms with Gasteiger partial charge in [0.2, 0.25) is 5.91 Å². The number of fused-ring (bicyclic) bond motifs is 4. The molecule has 1 N–H and O–H groups in total. The Kier molecular flexibility index (Phi) is 4.84. The summed E-state index contributed by atoms with van der Waals surface area (Å²) in [5.74, 6) is 1.78. The highest BCUT2D eigenvalue weighted by molar-refractivity contribution is 7.20. The third-order valence-corrected chi connectivity index (χ3v) is 7.46. The van der Waals surface area contributed by atoms with Gasteiger partial charge in [-0.1, -0.05) is 11.3 Å². The minimum Gasteiger partial charge on any atom is -0.460 e. The summed E-state index contributed by atoms with van der Waals surface area (Å²) < 4.78 is 13.2. The number of amides is 1. The molecule has 0 radical (unpaired) electrons. The number of nitrogens with one attached hydrogen (secondary N) is 1. The molecule has 1 aromatic carbocycles. The summed E-state index contributed by atoms with van der Waals surface area (Å²) in [5.41, 5.74) is 1.71. The highest BCUT2D eigenvalue weighted by atomic mass is 32.1. The Morgan fingerprint density at radius 1 is 1.25 bits per heavy atom. The topological polar surface area (TPSA) is 80.5 Å². The number of hydrogen-bond donors (Lipinski definition) is 1. The van der Waals surface area contributed by atoms with E-state index < -0.39 is 0 Å². The highest BCUT2D eigenvalue weighted by Crippen LogP contribution is 2.38. The monoisotopic (exact) mass is 448 g/mol. The fraction of sp³-hybridized carbons (Fsp3) is 0.375. The SMILES string of the molecule is CC(=O)N[C@H]1C[C@H]2CC[C@@H](C1)N2Cc1cc2cc(Oc3nc4cnccc4s3)ccc2o1. The summed E-state index contributed by atoms with van der Waals surface area (Å²) in [6, 6.07) is 11.3. The van der Waals surface area contributed by atoms with Gasteiger partial charge in [0.25, 0.3) is 5.19 Å². The van der Waals surface area contributed by atoms with Gasteiger partial charge >= 0.3 is 0 Å². The van der Waals surface area contributed by atoms with Crippen molar-refractivity contribution >= 4 is 38.4 Å². The van der Waals surface area contributed by atoms with Crippen LogP contribution in [0.5, 0.6) is 10.9 Å². The molecule has 6 rings (SSSR count). The second kappa shape index (κ2) is 7.86. The minimum atomic E-state index is 0.0701. The molecule has 2 bridgehead atoms. The van der Waals surface area contributed by atoms with E-state index in [0.29, 0.717) is 23.3 Å². The van der Waals surface area contributed by atoms with Crippen LogP contribution in [-0.4, -0.2) is 38.9 Å². The molecule has 2 aliphatic heterocycles. The average molecular weight is 449 g/mol. The molecule has 4 aromatic rings. The molecule has 0 aliphatic carbocycles. The second-order valence-corrected chi connectivity index (χ2v) is 9.76. The van der Waals surface area contributed by atoms with Crippen molar-refractivity contribution in [2.24, 2.45) is 0 Å². The van der Waals surface area contributed by atoms with Gasteiger partial charge in [0.1, 0.15) is 22.6 Å². The molecule has 8 heteroatoms. The Morgan fingerprint density at radius 3 is 2.88 bits per heavy atom. The maximum absolute atomic E-state index is 11.4. The van der Waals surface area contributed by atoms with Crippen molar-refractivity contribution in [1.29, 1.82) is 0 Å². The van der Waals surface area contributed by atoms with E-state index in [2.05, 4.69) is 26.3 Å². The molecular weight excluding hydrogens is 424 g/mol. The molecule has 3 atom stereocenters. The van der Waals surface area contributed by atoms with Crippen molar-refractivity contribution in [2.75, 3.05) is 0 Å². The zero-order chi connectivity index (χ0) is 21.7. The molecule has 2 saturated heterocycles. The Labute approximate surface area is 189 Å². The van der Waals surface area contributed by atoms with Crippen LogP contribution in [0.1, 0.15) is 38.4 Å². The predicted octanol–water partition coefficient (Wildman–Crippen LogP) is 4.86. The number of ether oxygens (including phenoxy) is 1. The van der Waals surface area contributed by atoms with Crippen molar-refractivity contribution in [3.05, 3.63) is 48.5 Å². The number of carbonyl (C=O) groups is 1. The smallest absolute Gasteiger partial charge is 0.279 e. The number of carbonyl (C=O) groups excluding carboxylic acids is 1. The molecule has 32 heavy (non-hydrogen) atoms. The van der Waals surface area contributed by atoms with Crippen molar-refractivity contribution in [3.63, 3.8) is 0 Å². The highest BCUT2D eigenvalue weighted by Gasteiger charge is 2.41. The molecule has 3 aromatic heterocycles. The first-order chi connectivity index (χ1) is 15.6. The summed E-state index contributed by atoms with van der Waals surface area (Å²) in [4.78, 5) is 22.6. The van der Waals surface area contributed by atoms with Crippen molar-refractivity contribution in [3.8, 4) is 10.9 Å². The van der Waals surface area contributed by atoms with Crippen LogP contribution >= 0.6 is 11.3 Å². The Balaban J connectivity index is 1.17. The fourth-order valence-electron chi connectivity index (χ4n) is 5.24. The van der Waals surface area contributed by atoms with E-state index in [-0.39, 0.29) is 5.91 Å². The largest absolute Gasteiger partial charge is 0.460 e. The van der Waals surface area contributed by atoms with Crippen molar-refractivity contribution in [2.45, 2.75) is 57.3 Å². The first kappa shape index (κ1) is 19.7. The Bertz CT molecular complexity index is 1250. The lowest BCUT2D eigenvalue weighted by Gasteiger charge is -2.38. The molecule has 7 nitrogen and oxygen atoms in total. The molecule has 0 unspecified atom stereocenters. The maximum Gasteiger partial charge on any atom is 0.279 e. The summed E-state index contributed by atoms with van der Waals surface area (Å²) in [6.07, 6.45) is 7.93. The van der Waals surface area contributed by atoms with E-state index in [1.165, 1.54) is 24.2 Å². The van der Waals surface area contributed by atoms with Gasteiger partial charge in [-0.2, -0.15) is 0 Å². The van der Waals surface area contributed by atoms with Gasteiger partial charge in [0, 0.05) is 36.6 Å². The van der Waals surface area contributed by atoms with Gasteiger partial charge in [-0.15, -0.1) is 0 Å². The van der Waals surface area contributed by atoms with Crippen molar-refractivity contribution in [1.82, 2.24) is 20.2 Å². The van der Waals surface area contributed by atoms with E-state index in [9.17, 15) is 4.79 Å². The maximum atomic E-state index is 11.4. The summed E-state index contributed by atoms with van der Waals surface area (Å²) in [6.45, 7) is 2.41. The van der Waals surface area contributed by atoms with Gasteiger partial charge < -0.3 is 14.5 Å². The summed E-state index contributed by atoms with van der Waals surface area (Å²) >= 11 is 1.51. The Hall–Kier alpha value is -2.97. The molecular formula is C24H24N4O3S. The summed E-state index contributed by atoms with van der Waals surface area (Å²) in [5, 5.41) is 4.75. The van der Waals surface area contributed by atoms with Gasteiger partial charge in [-0.25, -0.2) is 4.98 Å². The Morgan fingerprint density at radius 2 is 2.09 bits per heavy atom. The third-order valence-electron chi connectivity index (χ3n) is 6.54. The van der Waals surface area contributed by atoms with Crippen LogP contribution in [0.25, 0.3) is 21.2 Å². The lowest BCUT2D eigenvalue weighted by atomic mass is 9.97. The molecule has 5 heterocycles. The van der Waals surface area contributed by atoms with Gasteiger partial charge in [0.05, 0.1) is 17.4 Å². The van der Waals surface area contributed by atoms with E-state index in [1.807, 2.05) is 24.3 Å². The summed E-state index contributed by atoms with van der Waals surface area (Å²) in [7, 11) is 0. The number of furan rings is 1. The molecule has 2 fully saturated rings. The molecule has 0 spiro atoms. The standard InChI is InChI=1S/C24H24N4O3S/c1-14(29)26-16-10-17-2-3-18(11-16)28(17)13-20-9-15-8-19(4-5-22(15)30-20)31-24-27-21-12-25-7-6-23(21)32-24/h4-9,12,16-18H,2-3,10-11,13H2,1H3,(H,26,29)/t16-,17+,18-. The lowest BCUT2D eigenvalue weighted by Crippen LogP contribution is -2.49. The molecule has 1 amide bonds. The van der Waals surface area contributed by atoms with Gasteiger partial charge in [-0.3, -0.25) is 14.7 Å². The zero-order valence-electron chi connectivity index (χ0n) is 17.8. The number of nitrogens with zero attached hydrogens (tertiary/aromatic N) is 3. The van der Waals surface area contributed by atoms with Crippen LogP contribution in [0.2, 0.25) is 0 Å². The number of pyridine rings is 1. The van der Waals surface area contributed by atoms with Gasteiger partial charge in [-0.05, 0) is 56.0 Å². The molecule has 164 valence electrons. The zero-order valence-corrected chi connectivity index (χ0v) is 18.6. The third kappa shape index (κ3) is 3.73.